The first kappa shape index (κ1) is 18.8. The van der Waals surface area contributed by atoms with Crippen molar-refractivity contribution in [2.75, 3.05) is 7.11 Å². The smallest absolute Gasteiger partial charge is 0.136 e. The Morgan fingerprint density at radius 3 is 2.23 bits per heavy atom. The first-order chi connectivity index (χ1) is 10.3. The molecular weight excluding hydrogens is 409 g/mol. The van der Waals surface area contributed by atoms with Crippen molar-refractivity contribution < 1.29 is 4.74 Å². The Bertz CT molecular complexity index is 694. The number of halogens is 2. The minimum Gasteiger partial charge on any atom is -0.495 e. The Kier molecular flexibility index (Phi) is 7.18. The summed E-state index contributed by atoms with van der Waals surface area (Å²) >= 11 is 8.04. The van der Waals surface area contributed by atoms with Gasteiger partial charge >= 0.3 is 0 Å². The topological polar surface area (TPSA) is 33.0 Å². The fourth-order valence-electron chi connectivity index (χ4n) is 1.93. The van der Waals surface area contributed by atoms with Crippen molar-refractivity contribution in [3.05, 3.63) is 60.7 Å². The SMILES string of the molecule is COc1ccc(Cl)cc1C#N.Cc1cc(I)c(C)c(C)c1C. The Hall–Kier alpha value is -1.25. The zero-order chi connectivity index (χ0) is 16.9. The van der Waals surface area contributed by atoms with Gasteiger partial charge in [-0.2, -0.15) is 5.26 Å². The van der Waals surface area contributed by atoms with Crippen LogP contribution in [0.15, 0.2) is 24.3 Å². The first-order valence-electron chi connectivity index (χ1n) is 6.78. The molecule has 0 fully saturated rings. The van der Waals surface area contributed by atoms with Crippen molar-refractivity contribution >= 4 is 34.2 Å². The molecule has 22 heavy (non-hydrogen) atoms. The summed E-state index contributed by atoms with van der Waals surface area (Å²) in [6.45, 7) is 8.74. The molecule has 0 atom stereocenters. The molecule has 4 heteroatoms. The van der Waals surface area contributed by atoms with Crippen LogP contribution in [0.2, 0.25) is 5.02 Å². The second-order valence-corrected chi connectivity index (χ2v) is 6.61. The molecule has 0 aromatic heterocycles. The summed E-state index contributed by atoms with van der Waals surface area (Å²) in [5, 5.41) is 9.13. The number of ether oxygens (including phenoxy) is 1. The van der Waals surface area contributed by atoms with Gasteiger partial charge < -0.3 is 4.74 Å². The summed E-state index contributed by atoms with van der Waals surface area (Å²) in [5.74, 6) is 0.553. The highest BCUT2D eigenvalue weighted by Crippen LogP contribution is 2.22. The van der Waals surface area contributed by atoms with Crippen molar-refractivity contribution in [1.82, 2.24) is 0 Å². The Labute approximate surface area is 151 Å². The average Bonchev–Trinajstić information content (AvgIpc) is 2.51. The van der Waals surface area contributed by atoms with Crippen LogP contribution in [-0.2, 0) is 0 Å². The van der Waals surface area contributed by atoms with E-state index in [1.54, 1.807) is 18.2 Å². The molecule has 0 unspecified atom stereocenters. The summed E-state index contributed by atoms with van der Waals surface area (Å²) < 4.78 is 6.29. The molecule has 2 aromatic rings. The minimum absolute atomic E-state index is 0.458. The molecule has 0 aliphatic rings. The third-order valence-electron chi connectivity index (χ3n) is 3.70. The molecule has 0 bridgehead atoms. The van der Waals surface area contributed by atoms with Gasteiger partial charge in [0.15, 0.2) is 0 Å². The molecule has 2 aromatic carbocycles. The predicted octanol–water partition coefficient (Wildman–Crippen LogP) is 5.75. The van der Waals surface area contributed by atoms with Crippen LogP contribution in [0.3, 0.4) is 0 Å². The number of methoxy groups -OCH3 is 1. The second kappa shape index (κ2) is 8.40. The van der Waals surface area contributed by atoms with Gasteiger partial charge in [-0.25, -0.2) is 0 Å². The van der Waals surface area contributed by atoms with Crippen LogP contribution in [0.1, 0.15) is 27.8 Å². The lowest BCUT2D eigenvalue weighted by Crippen LogP contribution is -1.93. The van der Waals surface area contributed by atoms with E-state index >= 15 is 0 Å². The Balaban J connectivity index is 0.000000220. The molecule has 0 N–H and O–H groups in total. The van der Waals surface area contributed by atoms with Crippen molar-refractivity contribution in [1.29, 1.82) is 5.26 Å². The fourth-order valence-corrected chi connectivity index (χ4v) is 2.97. The third kappa shape index (κ3) is 4.62. The average molecular weight is 428 g/mol. The quantitative estimate of drug-likeness (QED) is 0.543. The molecule has 116 valence electrons. The van der Waals surface area contributed by atoms with Gasteiger partial charge in [0.1, 0.15) is 11.8 Å². The molecule has 0 aliphatic heterocycles. The summed E-state index contributed by atoms with van der Waals surface area (Å²) in [7, 11) is 1.52. The number of rotatable bonds is 1. The van der Waals surface area contributed by atoms with Crippen molar-refractivity contribution in [3.63, 3.8) is 0 Å². The lowest BCUT2D eigenvalue weighted by Gasteiger charge is -2.09. The molecule has 0 heterocycles. The van der Waals surface area contributed by atoms with E-state index in [4.69, 9.17) is 21.6 Å². The number of hydrogen-bond acceptors (Lipinski definition) is 2. The van der Waals surface area contributed by atoms with E-state index in [9.17, 15) is 0 Å². The molecule has 0 amide bonds. The zero-order valence-corrected chi connectivity index (χ0v) is 16.3. The van der Waals surface area contributed by atoms with E-state index in [2.05, 4.69) is 56.4 Å². The third-order valence-corrected chi connectivity index (χ3v) is 5.06. The van der Waals surface area contributed by atoms with E-state index in [-0.39, 0.29) is 0 Å². The minimum atomic E-state index is 0.458. The number of aryl methyl sites for hydroxylation is 1. The highest BCUT2D eigenvalue weighted by atomic mass is 127. The zero-order valence-electron chi connectivity index (χ0n) is 13.4. The van der Waals surface area contributed by atoms with Crippen LogP contribution in [0.4, 0.5) is 0 Å². The van der Waals surface area contributed by atoms with E-state index < -0.39 is 0 Å². The first-order valence-corrected chi connectivity index (χ1v) is 8.24. The molecule has 0 saturated heterocycles. The van der Waals surface area contributed by atoms with Crippen LogP contribution >= 0.6 is 34.2 Å². The molecule has 0 radical (unpaired) electrons. The van der Waals surface area contributed by atoms with Crippen LogP contribution in [0.25, 0.3) is 0 Å². The second-order valence-electron chi connectivity index (χ2n) is 5.01. The molecule has 0 saturated carbocycles. The number of benzene rings is 2. The van der Waals surface area contributed by atoms with E-state index in [1.807, 2.05) is 6.07 Å². The molecule has 0 spiro atoms. The van der Waals surface area contributed by atoms with Gasteiger partial charge in [0.25, 0.3) is 0 Å². The summed E-state index contributed by atoms with van der Waals surface area (Å²) in [6.07, 6.45) is 0. The van der Waals surface area contributed by atoms with E-state index in [0.717, 1.165) is 0 Å². The van der Waals surface area contributed by atoms with Gasteiger partial charge in [0.05, 0.1) is 12.7 Å². The van der Waals surface area contributed by atoms with Gasteiger partial charge in [-0.05, 0) is 96.8 Å². The summed E-state index contributed by atoms with van der Waals surface area (Å²) in [4.78, 5) is 0. The molecular formula is C18H19ClINO. The van der Waals surface area contributed by atoms with Crippen LogP contribution < -0.4 is 4.74 Å². The van der Waals surface area contributed by atoms with Gasteiger partial charge in [0, 0.05) is 8.59 Å². The van der Waals surface area contributed by atoms with Crippen molar-refractivity contribution in [2.45, 2.75) is 27.7 Å². The number of nitrogens with zero attached hydrogens (tertiary/aromatic N) is 1. The van der Waals surface area contributed by atoms with Crippen LogP contribution in [0.5, 0.6) is 5.75 Å². The number of nitriles is 1. The largest absolute Gasteiger partial charge is 0.495 e. The van der Waals surface area contributed by atoms with Gasteiger partial charge in [-0.15, -0.1) is 0 Å². The van der Waals surface area contributed by atoms with Crippen LogP contribution in [0, 0.1) is 42.6 Å². The maximum atomic E-state index is 8.59. The Morgan fingerprint density at radius 1 is 1.05 bits per heavy atom. The molecule has 2 rings (SSSR count). The van der Waals surface area contributed by atoms with Crippen molar-refractivity contribution in [2.24, 2.45) is 0 Å². The standard InChI is InChI=1S/C10H13I.C8H6ClNO/c1-6-5-10(11)9(4)8(3)7(6)2;1-11-8-3-2-7(9)4-6(8)5-10/h5H,1-4H3;2-4H,1H3. The number of hydrogen-bond donors (Lipinski definition) is 0. The van der Waals surface area contributed by atoms with Crippen molar-refractivity contribution in [3.8, 4) is 11.8 Å². The maximum Gasteiger partial charge on any atom is 0.136 e. The normalized spacial score (nSPS) is 9.55. The summed E-state index contributed by atoms with van der Waals surface area (Å²) in [6, 6.07) is 9.15. The monoisotopic (exact) mass is 427 g/mol. The molecule has 0 aliphatic carbocycles. The predicted molar refractivity (Wildman–Crippen MR) is 101 cm³/mol. The van der Waals surface area contributed by atoms with Gasteiger partial charge in [-0.3, -0.25) is 0 Å². The maximum absolute atomic E-state index is 8.59. The van der Waals surface area contributed by atoms with E-state index in [0.29, 0.717) is 16.3 Å². The lowest BCUT2D eigenvalue weighted by molar-refractivity contribution is 0.413. The lowest BCUT2D eigenvalue weighted by atomic mass is 10.0. The highest BCUT2D eigenvalue weighted by molar-refractivity contribution is 14.1. The van der Waals surface area contributed by atoms with Crippen LogP contribution in [-0.4, -0.2) is 7.11 Å². The highest BCUT2D eigenvalue weighted by Gasteiger charge is 2.03. The van der Waals surface area contributed by atoms with Gasteiger partial charge in [0.2, 0.25) is 0 Å². The molecule has 2 nitrogen and oxygen atoms in total. The van der Waals surface area contributed by atoms with E-state index in [1.165, 1.54) is 32.9 Å². The summed E-state index contributed by atoms with van der Waals surface area (Å²) in [5.41, 5.74) is 6.16. The van der Waals surface area contributed by atoms with Gasteiger partial charge in [-0.1, -0.05) is 11.6 Å². The fraction of sp³-hybridized carbons (Fsp3) is 0.278. The Morgan fingerprint density at radius 2 is 1.68 bits per heavy atom.